The molecular weight excluding hydrogens is 210 g/mol. The number of carbonyl (C=O) groups excluding carboxylic acids is 2. The van der Waals surface area contributed by atoms with Gasteiger partial charge in [0.25, 0.3) is 0 Å². The quantitative estimate of drug-likeness (QED) is 0.723. The van der Waals surface area contributed by atoms with Crippen molar-refractivity contribution >= 4 is 12.0 Å². The van der Waals surface area contributed by atoms with Crippen molar-refractivity contribution in [3.05, 3.63) is 29.6 Å². The summed E-state index contributed by atoms with van der Waals surface area (Å²) < 4.78 is 4.80. The zero-order valence-corrected chi connectivity index (χ0v) is 8.90. The predicted molar refractivity (Wildman–Crippen MR) is 56.6 cm³/mol. The molecule has 0 aliphatic rings. The number of esters is 1. The second kappa shape index (κ2) is 5.69. The summed E-state index contributed by atoms with van der Waals surface area (Å²) in [5.41, 5.74) is 5.90. The summed E-state index contributed by atoms with van der Waals surface area (Å²) in [5, 5.41) is 2.40. The van der Waals surface area contributed by atoms with Gasteiger partial charge >= 0.3 is 12.0 Å². The van der Waals surface area contributed by atoms with Gasteiger partial charge in [-0.05, 0) is 19.1 Å². The van der Waals surface area contributed by atoms with E-state index < -0.39 is 12.0 Å². The third-order valence-electron chi connectivity index (χ3n) is 1.78. The highest BCUT2D eigenvalue weighted by molar-refractivity contribution is 5.88. The number of nitrogens with one attached hydrogen (secondary N) is 1. The third kappa shape index (κ3) is 3.56. The van der Waals surface area contributed by atoms with Crippen molar-refractivity contribution in [1.82, 2.24) is 10.3 Å². The lowest BCUT2D eigenvalue weighted by Crippen LogP contribution is -2.28. The first kappa shape index (κ1) is 12.0. The van der Waals surface area contributed by atoms with Crippen LogP contribution in [-0.4, -0.2) is 23.6 Å². The van der Waals surface area contributed by atoms with Crippen LogP contribution in [0.15, 0.2) is 18.3 Å². The number of primary amides is 1. The van der Waals surface area contributed by atoms with Gasteiger partial charge in [-0.25, -0.2) is 9.59 Å². The van der Waals surface area contributed by atoms with Gasteiger partial charge in [0.2, 0.25) is 0 Å². The van der Waals surface area contributed by atoms with E-state index in [4.69, 9.17) is 10.5 Å². The van der Waals surface area contributed by atoms with Gasteiger partial charge in [0.05, 0.1) is 24.4 Å². The molecule has 6 nitrogen and oxygen atoms in total. The fourth-order valence-corrected chi connectivity index (χ4v) is 1.04. The van der Waals surface area contributed by atoms with Crippen molar-refractivity contribution in [1.29, 1.82) is 0 Å². The van der Waals surface area contributed by atoms with E-state index in [0.717, 1.165) is 0 Å². The second-order valence-electron chi connectivity index (χ2n) is 2.98. The number of hydrogen-bond acceptors (Lipinski definition) is 4. The number of amides is 2. The molecular formula is C10H13N3O3. The summed E-state index contributed by atoms with van der Waals surface area (Å²) in [4.78, 5) is 25.7. The van der Waals surface area contributed by atoms with Crippen LogP contribution >= 0.6 is 0 Å². The minimum Gasteiger partial charge on any atom is -0.462 e. The number of carbonyl (C=O) groups is 2. The first-order chi connectivity index (χ1) is 7.63. The van der Waals surface area contributed by atoms with E-state index in [1.165, 1.54) is 6.20 Å². The molecule has 0 aliphatic carbocycles. The number of nitrogens with zero attached hydrogens (tertiary/aromatic N) is 1. The maximum absolute atomic E-state index is 11.3. The Morgan fingerprint density at radius 1 is 1.50 bits per heavy atom. The smallest absolute Gasteiger partial charge is 0.339 e. The van der Waals surface area contributed by atoms with E-state index in [1.54, 1.807) is 19.1 Å². The molecule has 0 atom stereocenters. The molecule has 0 unspecified atom stereocenters. The molecule has 0 fully saturated rings. The maximum atomic E-state index is 11.3. The van der Waals surface area contributed by atoms with Crippen LogP contribution in [0.5, 0.6) is 0 Å². The molecule has 0 saturated carbocycles. The van der Waals surface area contributed by atoms with Crippen molar-refractivity contribution in [3.63, 3.8) is 0 Å². The van der Waals surface area contributed by atoms with E-state index in [2.05, 4.69) is 10.3 Å². The van der Waals surface area contributed by atoms with Crippen LogP contribution < -0.4 is 11.1 Å². The first-order valence-corrected chi connectivity index (χ1v) is 4.79. The van der Waals surface area contributed by atoms with E-state index in [9.17, 15) is 9.59 Å². The minimum atomic E-state index is -0.615. The number of pyridine rings is 1. The van der Waals surface area contributed by atoms with Crippen LogP contribution in [0.1, 0.15) is 23.0 Å². The van der Waals surface area contributed by atoms with Crippen molar-refractivity contribution in [2.45, 2.75) is 13.5 Å². The van der Waals surface area contributed by atoms with Crippen molar-refractivity contribution in [2.24, 2.45) is 5.73 Å². The Morgan fingerprint density at radius 2 is 2.25 bits per heavy atom. The summed E-state index contributed by atoms with van der Waals surface area (Å²) >= 11 is 0. The number of ether oxygens (including phenoxy) is 1. The number of nitrogens with two attached hydrogens (primary N) is 1. The Labute approximate surface area is 92.8 Å². The molecule has 16 heavy (non-hydrogen) atoms. The van der Waals surface area contributed by atoms with Crippen LogP contribution in [0.2, 0.25) is 0 Å². The molecule has 86 valence electrons. The molecule has 1 aromatic heterocycles. The lowest BCUT2D eigenvalue weighted by atomic mass is 10.2. The lowest BCUT2D eigenvalue weighted by molar-refractivity contribution is 0.0526. The summed E-state index contributed by atoms with van der Waals surface area (Å²) in [7, 11) is 0. The maximum Gasteiger partial charge on any atom is 0.339 e. The monoisotopic (exact) mass is 223 g/mol. The Hall–Kier alpha value is -2.11. The third-order valence-corrected chi connectivity index (χ3v) is 1.78. The fraction of sp³-hybridized carbons (Fsp3) is 0.300. The minimum absolute atomic E-state index is 0.235. The molecule has 1 heterocycles. The van der Waals surface area contributed by atoms with Gasteiger partial charge in [-0.15, -0.1) is 0 Å². The molecule has 3 N–H and O–H groups in total. The van der Waals surface area contributed by atoms with E-state index >= 15 is 0 Å². The van der Waals surface area contributed by atoms with Crippen LogP contribution in [0, 0.1) is 0 Å². The number of rotatable bonds is 4. The van der Waals surface area contributed by atoms with E-state index in [-0.39, 0.29) is 6.54 Å². The molecule has 2 amide bonds. The van der Waals surface area contributed by atoms with Crippen molar-refractivity contribution in [3.8, 4) is 0 Å². The van der Waals surface area contributed by atoms with Crippen LogP contribution in [0.3, 0.4) is 0 Å². The second-order valence-corrected chi connectivity index (χ2v) is 2.98. The van der Waals surface area contributed by atoms with Gasteiger partial charge in [0.1, 0.15) is 0 Å². The van der Waals surface area contributed by atoms with Gasteiger partial charge in [0.15, 0.2) is 0 Å². The zero-order chi connectivity index (χ0) is 12.0. The zero-order valence-electron chi connectivity index (χ0n) is 8.90. The highest BCUT2D eigenvalue weighted by Crippen LogP contribution is 2.02. The Morgan fingerprint density at radius 3 is 2.75 bits per heavy atom. The van der Waals surface area contributed by atoms with Gasteiger partial charge in [-0.2, -0.15) is 0 Å². The van der Waals surface area contributed by atoms with Gasteiger partial charge in [-0.3, -0.25) is 4.98 Å². The molecule has 0 bridgehead atoms. The van der Waals surface area contributed by atoms with Crippen LogP contribution in [-0.2, 0) is 11.3 Å². The molecule has 0 aliphatic heterocycles. The van der Waals surface area contributed by atoms with Crippen molar-refractivity contribution in [2.75, 3.05) is 6.61 Å². The van der Waals surface area contributed by atoms with Gasteiger partial charge < -0.3 is 15.8 Å². The Kier molecular flexibility index (Phi) is 4.26. The van der Waals surface area contributed by atoms with E-state index in [0.29, 0.717) is 17.9 Å². The van der Waals surface area contributed by atoms with Crippen LogP contribution in [0.4, 0.5) is 4.79 Å². The van der Waals surface area contributed by atoms with Crippen molar-refractivity contribution < 1.29 is 14.3 Å². The topological polar surface area (TPSA) is 94.3 Å². The molecule has 6 heteroatoms. The molecule has 0 aromatic carbocycles. The molecule has 0 spiro atoms. The van der Waals surface area contributed by atoms with E-state index in [1.807, 2.05) is 0 Å². The molecule has 1 rings (SSSR count). The normalized spacial score (nSPS) is 9.56. The average Bonchev–Trinajstić information content (AvgIpc) is 2.27. The SMILES string of the molecule is CCOC(=O)c1ccc(CNC(N)=O)nc1. The lowest BCUT2D eigenvalue weighted by Gasteiger charge is -2.03. The standard InChI is InChI=1S/C10H13N3O3/c1-2-16-9(14)7-3-4-8(12-5-7)6-13-10(11)15/h3-5H,2,6H2,1H3,(H3,11,13,15). The largest absolute Gasteiger partial charge is 0.462 e. The number of hydrogen-bond donors (Lipinski definition) is 2. The molecule has 0 saturated heterocycles. The summed E-state index contributed by atoms with van der Waals surface area (Å²) in [6.07, 6.45) is 1.40. The Bertz CT molecular complexity index is 375. The highest BCUT2D eigenvalue weighted by atomic mass is 16.5. The first-order valence-electron chi connectivity index (χ1n) is 4.79. The molecule has 1 aromatic rings. The predicted octanol–water partition coefficient (Wildman–Crippen LogP) is 0.427. The number of urea groups is 1. The average molecular weight is 223 g/mol. The van der Waals surface area contributed by atoms with Gasteiger partial charge in [0, 0.05) is 6.20 Å². The van der Waals surface area contributed by atoms with Crippen LogP contribution in [0.25, 0.3) is 0 Å². The van der Waals surface area contributed by atoms with Gasteiger partial charge in [-0.1, -0.05) is 0 Å². The summed E-state index contributed by atoms with van der Waals surface area (Å²) in [6.45, 7) is 2.29. The summed E-state index contributed by atoms with van der Waals surface area (Å²) in [5.74, 6) is -0.413. The molecule has 0 radical (unpaired) electrons. The Balaban J connectivity index is 2.60. The number of aromatic nitrogens is 1. The fourth-order valence-electron chi connectivity index (χ4n) is 1.04. The summed E-state index contributed by atoms with van der Waals surface area (Å²) in [6, 6.07) is 2.60. The highest BCUT2D eigenvalue weighted by Gasteiger charge is 2.06.